The molecule has 0 unspecified atom stereocenters. The van der Waals surface area contributed by atoms with Crippen LogP contribution in [0.5, 0.6) is 0 Å². The van der Waals surface area contributed by atoms with E-state index in [0.717, 1.165) is 49.2 Å². The monoisotopic (exact) mass is 344 g/mol. The quantitative estimate of drug-likeness (QED) is 0.923. The van der Waals surface area contributed by atoms with Crippen LogP contribution in [0, 0.1) is 0 Å². The highest BCUT2D eigenvalue weighted by molar-refractivity contribution is 6.31. The van der Waals surface area contributed by atoms with Crippen molar-refractivity contribution in [3.63, 3.8) is 0 Å². The molecule has 1 atom stereocenters. The Labute approximate surface area is 146 Å². The van der Waals surface area contributed by atoms with Gasteiger partial charge in [-0.05, 0) is 37.0 Å². The fraction of sp³-hybridized carbons (Fsp3) is 0.368. The van der Waals surface area contributed by atoms with Gasteiger partial charge in [-0.15, -0.1) is 0 Å². The summed E-state index contributed by atoms with van der Waals surface area (Å²) in [5.41, 5.74) is 1.26. The van der Waals surface area contributed by atoms with Gasteiger partial charge in [0.15, 0.2) is 0 Å². The lowest BCUT2D eigenvalue weighted by atomic mass is 10.00. The summed E-state index contributed by atoms with van der Waals surface area (Å²) < 4.78 is 0. The number of nitrogens with zero attached hydrogens (tertiary/aromatic N) is 1. The lowest BCUT2D eigenvalue weighted by Crippen LogP contribution is -2.41. The van der Waals surface area contributed by atoms with Crippen LogP contribution < -0.4 is 5.56 Å². The highest BCUT2D eigenvalue weighted by Crippen LogP contribution is 2.25. The van der Waals surface area contributed by atoms with E-state index in [0.29, 0.717) is 5.56 Å². The van der Waals surface area contributed by atoms with E-state index >= 15 is 0 Å². The van der Waals surface area contributed by atoms with Crippen molar-refractivity contribution in [3.05, 3.63) is 69.1 Å². The average Bonchev–Trinajstić information content (AvgIpc) is 2.82. The number of benzene rings is 1. The maximum absolute atomic E-state index is 12.9. The van der Waals surface area contributed by atoms with Crippen LogP contribution in [0.25, 0.3) is 0 Å². The van der Waals surface area contributed by atoms with Crippen molar-refractivity contribution in [1.82, 2.24) is 9.88 Å². The standard InChI is InChI=1S/C19H21ClN2O2/c20-17-8-4-3-6-14(17)12-16-7-2-1-5-11-22(16)19(24)15-9-10-21-18(23)13-15/h3-4,6,8-10,13,16H,1-2,5,7,11-12H2,(H,21,23)/t16-/m0/s1. The summed E-state index contributed by atoms with van der Waals surface area (Å²) in [4.78, 5) is 28.9. The van der Waals surface area contributed by atoms with E-state index in [-0.39, 0.29) is 17.5 Å². The highest BCUT2D eigenvalue weighted by atomic mass is 35.5. The molecule has 4 nitrogen and oxygen atoms in total. The molecule has 1 aliphatic rings. The number of rotatable bonds is 3. The molecule has 1 aliphatic heterocycles. The van der Waals surface area contributed by atoms with Crippen LogP contribution in [-0.4, -0.2) is 28.4 Å². The third-order valence-corrected chi connectivity index (χ3v) is 4.94. The third kappa shape index (κ3) is 3.88. The Morgan fingerprint density at radius 2 is 2.04 bits per heavy atom. The minimum absolute atomic E-state index is 0.0694. The van der Waals surface area contributed by atoms with Gasteiger partial charge < -0.3 is 9.88 Å². The number of halogens is 1. The lowest BCUT2D eigenvalue weighted by Gasteiger charge is -2.30. The summed E-state index contributed by atoms with van der Waals surface area (Å²) in [6.45, 7) is 0.723. The van der Waals surface area contributed by atoms with Crippen molar-refractivity contribution in [1.29, 1.82) is 0 Å². The maximum Gasteiger partial charge on any atom is 0.254 e. The second-order valence-electron chi connectivity index (χ2n) is 6.24. The van der Waals surface area contributed by atoms with E-state index in [2.05, 4.69) is 4.98 Å². The molecule has 0 aliphatic carbocycles. The van der Waals surface area contributed by atoms with Crippen molar-refractivity contribution in [2.75, 3.05) is 6.54 Å². The van der Waals surface area contributed by atoms with E-state index in [4.69, 9.17) is 11.6 Å². The molecule has 1 amide bonds. The van der Waals surface area contributed by atoms with Gasteiger partial charge >= 0.3 is 0 Å². The first kappa shape index (κ1) is 16.8. The summed E-state index contributed by atoms with van der Waals surface area (Å²) in [5.74, 6) is -0.0694. The molecule has 2 heterocycles. The minimum atomic E-state index is -0.252. The molecule has 1 fully saturated rings. The molecule has 0 bridgehead atoms. The lowest BCUT2D eigenvalue weighted by molar-refractivity contribution is 0.0682. The zero-order valence-corrected chi connectivity index (χ0v) is 14.3. The highest BCUT2D eigenvalue weighted by Gasteiger charge is 2.27. The number of aromatic amines is 1. The predicted octanol–water partition coefficient (Wildman–Crippen LogP) is 3.66. The van der Waals surface area contributed by atoms with Crippen molar-refractivity contribution in [2.45, 2.75) is 38.1 Å². The Morgan fingerprint density at radius 3 is 2.83 bits per heavy atom. The molecule has 1 aromatic heterocycles. The van der Waals surface area contributed by atoms with Crippen LogP contribution in [0.1, 0.15) is 41.6 Å². The molecule has 1 N–H and O–H groups in total. The molecular weight excluding hydrogens is 324 g/mol. The fourth-order valence-electron chi connectivity index (χ4n) is 3.32. The second kappa shape index (κ2) is 7.67. The van der Waals surface area contributed by atoms with Gasteiger partial charge in [0.05, 0.1) is 0 Å². The number of hydrogen-bond acceptors (Lipinski definition) is 2. The van der Waals surface area contributed by atoms with Crippen LogP contribution in [0.15, 0.2) is 47.4 Å². The summed E-state index contributed by atoms with van der Waals surface area (Å²) in [7, 11) is 0. The van der Waals surface area contributed by atoms with Gasteiger partial charge in [0.1, 0.15) is 0 Å². The second-order valence-corrected chi connectivity index (χ2v) is 6.65. The number of likely N-dealkylation sites (tertiary alicyclic amines) is 1. The van der Waals surface area contributed by atoms with Crippen molar-refractivity contribution >= 4 is 17.5 Å². The zero-order chi connectivity index (χ0) is 16.9. The summed E-state index contributed by atoms with van der Waals surface area (Å²) in [5, 5.41) is 0.741. The molecule has 24 heavy (non-hydrogen) atoms. The molecule has 0 saturated carbocycles. The van der Waals surface area contributed by atoms with Gasteiger partial charge in [-0.25, -0.2) is 0 Å². The smallest absolute Gasteiger partial charge is 0.254 e. The van der Waals surface area contributed by atoms with Gasteiger partial charge in [-0.3, -0.25) is 9.59 Å². The number of H-pyrrole nitrogens is 1. The Balaban J connectivity index is 1.86. The first-order valence-corrected chi connectivity index (χ1v) is 8.76. The molecule has 5 heteroatoms. The van der Waals surface area contributed by atoms with E-state index in [1.165, 1.54) is 12.3 Å². The van der Waals surface area contributed by atoms with Crippen molar-refractivity contribution in [2.24, 2.45) is 0 Å². The number of nitrogens with one attached hydrogen (secondary N) is 1. The van der Waals surface area contributed by atoms with Crippen molar-refractivity contribution in [3.8, 4) is 0 Å². The molecule has 1 saturated heterocycles. The summed E-state index contributed by atoms with van der Waals surface area (Å²) in [6, 6.07) is 10.9. The first-order valence-electron chi connectivity index (χ1n) is 8.38. The number of hydrogen-bond donors (Lipinski definition) is 1. The molecule has 0 spiro atoms. The van der Waals surface area contributed by atoms with E-state index < -0.39 is 0 Å². The number of pyridine rings is 1. The first-order chi connectivity index (χ1) is 11.6. The molecule has 1 aromatic carbocycles. The van der Waals surface area contributed by atoms with Crippen LogP contribution >= 0.6 is 11.6 Å². The average molecular weight is 345 g/mol. The fourth-order valence-corrected chi connectivity index (χ4v) is 3.53. The van der Waals surface area contributed by atoms with Crippen LogP contribution in [-0.2, 0) is 6.42 Å². The van der Waals surface area contributed by atoms with Gasteiger partial charge in [0, 0.05) is 35.4 Å². The summed E-state index contributed by atoms with van der Waals surface area (Å²) in [6.07, 6.45) is 6.45. The van der Waals surface area contributed by atoms with Gasteiger partial charge in [-0.2, -0.15) is 0 Å². The molecule has 0 radical (unpaired) electrons. The predicted molar refractivity (Wildman–Crippen MR) is 95.5 cm³/mol. The van der Waals surface area contributed by atoms with Gasteiger partial charge in [0.25, 0.3) is 5.91 Å². The number of aromatic nitrogens is 1. The molecule has 126 valence electrons. The van der Waals surface area contributed by atoms with Crippen molar-refractivity contribution < 1.29 is 4.79 Å². The number of amides is 1. The Bertz CT molecular complexity index is 772. The number of carbonyl (C=O) groups excluding carboxylic acids is 1. The van der Waals surface area contributed by atoms with E-state index in [1.54, 1.807) is 6.07 Å². The molecular formula is C19H21ClN2O2. The van der Waals surface area contributed by atoms with Crippen LogP contribution in [0.4, 0.5) is 0 Å². The minimum Gasteiger partial charge on any atom is -0.335 e. The molecule has 2 aromatic rings. The van der Waals surface area contributed by atoms with E-state index in [9.17, 15) is 9.59 Å². The zero-order valence-electron chi connectivity index (χ0n) is 13.5. The molecule has 3 rings (SSSR count). The largest absolute Gasteiger partial charge is 0.335 e. The van der Waals surface area contributed by atoms with Gasteiger partial charge in [-0.1, -0.05) is 42.6 Å². The van der Waals surface area contributed by atoms with Gasteiger partial charge in [0.2, 0.25) is 5.56 Å². The Kier molecular flexibility index (Phi) is 5.36. The Morgan fingerprint density at radius 1 is 1.21 bits per heavy atom. The van der Waals surface area contributed by atoms with E-state index in [1.807, 2.05) is 29.2 Å². The third-order valence-electron chi connectivity index (χ3n) is 4.57. The summed E-state index contributed by atoms with van der Waals surface area (Å²) >= 11 is 6.30. The number of carbonyl (C=O) groups is 1. The topological polar surface area (TPSA) is 53.2 Å². The normalized spacial score (nSPS) is 18.2. The Hall–Kier alpha value is -2.07. The van der Waals surface area contributed by atoms with Crippen LogP contribution in [0.2, 0.25) is 5.02 Å². The van der Waals surface area contributed by atoms with Crippen LogP contribution in [0.3, 0.4) is 0 Å². The maximum atomic E-state index is 12.9. The SMILES string of the molecule is O=C(c1cc[nH]c(=O)c1)N1CCCCC[C@H]1Cc1ccccc1Cl.